The molecule has 0 saturated heterocycles. The van der Waals surface area contributed by atoms with Crippen LogP contribution in [0.5, 0.6) is 0 Å². The predicted octanol–water partition coefficient (Wildman–Crippen LogP) is 2.07. The SMILES string of the molecule is Cc1cc2nn(Cc3cnsc3)c(=O)n2cc1Br. The summed E-state index contributed by atoms with van der Waals surface area (Å²) >= 11 is 4.78. The lowest BCUT2D eigenvalue weighted by Gasteiger charge is -1.96. The molecule has 0 spiro atoms. The molecule has 18 heavy (non-hydrogen) atoms. The second-order valence-electron chi connectivity index (χ2n) is 4.01. The molecule has 0 N–H and O–H groups in total. The van der Waals surface area contributed by atoms with Crippen LogP contribution in [0.15, 0.2) is 33.1 Å². The van der Waals surface area contributed by atoms with Gasteiger partial charge < -0.3 is 0 Å². The van der Waals surface area contributed by atoms with Crippen molar-refractivity contribution in [3.8, 4) is 0 Å². The van der Waals surface area contributed by atoms with Crippen LogP contribution in [0.2, 0.25) is 0 Å². The third-order valence-corrected chi connectivity index (χ3v) is 4.14. The van der Waals surface area contributed by atoms with E-state index in [1.807, 2.05) is 18.4 Å². The van der Waals surface area contributed by atoms with Gasteiger partial charge in [-0.05, 0) is 46.0 Å². The molecule has 0 amide bonds. The Balaban J connectivity index is 2.14. The van der Waals surface area contributed by atoms with Crippen LogP contribution in [-0.4, -0.2) is 18.6 Å². The van der Waals surface area contributed by atoms with E-state index >= 15 is 0 Å². The van der Waals surface area contributed by atoms with Gasteiger partial charge in [-0.15, -0.1) is 5.10 Å². The van der Waals surface area contributed by atoms with Crippen molar-refractivity contribution in [1.29, 1.82) is 0 Å². The monoisotopic (exact) mass is 324 g/mol. The van der Waals surface area contributed by atoms with E-state index in [2.05, 4.69) is 25.4 Å². The molecule has 3 heterocycles. The minimum atomic E-state index is -0.142. The molecular weight excluding hydrogens is 316 g/mol. The maximum atomic E-state index is 12.1. The van der Waals surface area contributed by atoms with Crippen LogP contribution >= 0.6 is 27.5 Å². The number of halogens is 1. The Morgan fingerprint density at radius 1 is 1.50 bits per heavy atom. The van der Waals surface area contributed by atoms with E-state index in [0.29, 0.717) is 12.2 Å². The van der Waals surface area contributed by atoms with Crippen molar-refractivity contribution in [2.24, 2.45) is 0 Å². The fraction of sp³-hybridized carbons (Fsp3) is 0.182. The van der Waals surface area contributed by atoms with Crippen LogP contribution in [0.3, 0.4) is 0 Å². The van der Waals surface area contributed by atoms with Gasteiger partial charge in [0.2, 0.25) is 0 Å². The number of nitrogens with zero attached hydrogens (tertiary/aromatic N) is 4. The van der Waals surface area contributed by atoms with Crippen molar-refractivity contribution in [3.63, 3.8) is 0 Å². The average Bonchev–Trinajstić information content (AvgIpc) is 2.93. The van der Waals surface area contributed by atoms with Gasteiger partial charge in [0.1, 0.15) is 0 Å². The summed E-state index contributed by atoms with van der Waals surface area (Å²) < 4.78 is 7.90. The van der Waals surface area contributed by atoms with E-state index in [-0.39, 0.29) is 5.69 Å². The summed E-state index contributed by atoms with van der Waals surface area (Å²) in [4.78, 5) is 12.1. The quantitative estimate of drug-likeness (QED) is 0.725. The van der Waals surface area contributed by atoms with Crippen LogP contribution in [0.1, 0.15) is 11.1 Å². The van der Waals surface area contributed by atoms with Gasteiger partial charge in [0.15, 0.2) is 5.65 Å². The van der Waals surface area contributed by atoms with Gasteiger partial charge in [-0.1, -0.05) is 0 Å². The lowest BCUT2D eigenvalue weighted by molar-refractivity contribution is 0.659. The summed E-state index contributed by atoms with van der Waals surface area (Å²) in [5, 5.41) is 6.23. The minimum absolute atomic E-state index is 0.142. The highest BCUT2D eigenvalue weighted by molar-refractivity contribution is 9.10. The maximum absolute atomic E-state index is 12.1. The van der Waals surface area contributed by atoms with E-state index in [0.717, 1.165) is 15.6 Å². The van der Waals surface area contributed by atoms with E-state index in [9.17, 15) is 4.79 Å². The summed E-state index contributed by atoms with van der Waals surface area (Å²) in [6.45, 7) is 2.42. The third kappa shape index (κ3) is 1.89. The summed E-state index contributed by atoms with van der Waals surface area (Å²) in [5.74, 6) is 0. The van der Waals surface area contributed by atoms with Gasteiger partial charge in [-0.25, -0.2) is 18.3 Å². The molecule has 0 aliphatic heterocycles. The van der Waals surface area contributed by atoms with E-state index in [4.69, 9.17) is 0 Å². The standard InChI is InChI=1S/C11H9BrN4OS/c1-7-2-10-14-16(4-8-3-13-18-6-8)11(17)15(10)5-9(7)12/h2-3,5-6H,4H2,1H3. The summed E-state index contributed by atoms with van der Waals surface area (Å²) in [6, 6.07) is 1.88. The number of rotatable bonds is 2. The van der Waals surface area contributed by atoms with Gasteiger partial charge in [-0.3, -0.25) is 0 Å². The van der Waals surface area contributed by atoms with Crippen molar-refractivity contribution in [1.82, 2.24) is 18.6 Å². The molecule has 3 rings (SSSR count). The van der Waals surface area contributed by atoms with Gasteiger partial charge >= 0.3 is 5.69 Å². The predicted molar refractivity (Wildman–Crippen MR) is 73.1 cm³/mol. The third-order valence-electron chi connectivity index (χ3n) is 2.68. The molecule has 0 unspecified atom stereocenters. The van der Waals surface area contributed by atoms with Gasteiger partial charge in [0.25, 0.3) is 0 Å². The molecule has 0 radical (unpaired) electrons. The molecule has 0 aliphatic rings. The molecule has 7 heteroatoms. The number of pyridine rings is 1. The van der Waals surface area contributed by atoms with Crippen LogP contribution in [-0.2, 0) is 6.54 Å². The topological polar surface area (TPSA) is 52.2 Å². The Morgan fingerprint density at radius 3 is 3.06 bits per heavy atom. The molecule has 0 atom stereocenters. The smallest absolute Gasteiger partial charge is 0.249 e. The van der Waals surface area contributed by atoms with Gasteiger partial charge in [-0.2, -0.15) is 0 Å². The second-order valence-corrected chi connectivity index (χ2v) is 5.52. The molecule has 0 saturated carbocycles. The van der Waals surface area contributed by atoms with E-state index in [1.54, 1.807) is 12.4 Å². The Bertz CT molecular complexity index is 759. The molecule has 0 fully saturated rings. The number of hydrogen-bond acceptors (Lipinski definition) is 4. The number of hydrogen-bond donors (Lipinski definition) is 0. The van der Waals surface area contributed by atoms with Crippen molar-refractivity contribution in [3.05, 3.63) is 49.9 Å². The summed E-state index contributed by atoms with van der Waals surface area (Å²) in [6.07, 6.45) is 3.50. The van der Waals surface area contributed by atoms with Crippen molar-refractivity contribution in [2.75, 3.05) is 0 Å². The first-order valence-corrected chi connectivity index (χ1v) is 6.91. The normalized spacial score (nSPS) is 11.2. The zero-order valence-corrected chi connectivity index (χ0v) is 11.9. The average molecular weight is 325 g/mol. The largest absolute Gasteiger partial charge is 0.350 e. The first kappa shape index (κ1) is 11.6. The van der Waals surface area contributed by atoms with Crippen LogP contribution in [0.4, 0.5) is 0 Å². The Labute approximate surface area is 115 Å². The fourth-order valence-electron chi connectivity index (χ4n) is 1.72. The maximum Gasteiger partial charge on any atom is 0.350 e. The molecule has 5 nitrogen and oxygen atoms in total. The van der Waals surface area contributed by atoms with Crippen LogP contribution in [0, 0.1) is 6.92 Å². The Hall–Kier alpha value is -1.47. The minimum Gasteiger partial charge on any atom is -0.249 e. The number of aromatic nitrogens is 4. The first-order valence-electron chi connectivity index (χ1n) is 5.29. The Morgan fingerprint density at radius 2 is 2.33 bits per heavy atom. The molecule has 3 aromatic heterocycles. The zero-order chi connectivity index (χ0) is 12.7. The highest BCUT2D eigenvalue weighted by Gasteiger charge is 2.09. The summed E-state index contributed by atoms with van der Waals surface area (Å²) in [7, 11) is 0. The molecule has 92 valence electrons. The molecule has 0 aromatic carbocycles. The van der Waals surface area contributed by atoms with Crippen molar-refractivity contribution < 1.29 is 0 Å². The number of fused-ring (bicyclic) bond motifs is 1. The highest BCUT2D eigenvalue weighted by Crippen LogP contribution is 2.16. The molecule has 0 bridgehead atoms. The lowest BCUT2D eigenvalue weighted by atomic mass is 10.3. The van der Waals surface area contributed by atoms with Crippen LogP contribution in [0.25, 0.3) is 5.65 Å². The fourth-order valence-corrected chi connectivity index (χ4v) is 2.56. The van der Waals surface area contributed by atoms with Gasteiger partial charge in [0, 0.05) is 27.8 Å². The van der Waals surface area contributed by atoms with E-state index < -0.39 is 0 Å². The zero-order valence-electron chi connectivity index (χ0n) is 9.50. The molecule has 3 aromatic rings. The lowest BCUT2D eigenvalue weighted by Crippen LogP contribution is -2.21. The number of aryl methyl sites for hydroxylation is 1. The summed E-state index contributed by atoms with van der Waals surface area (Å²) in [5.41, 5.74) is 2.55. The van der Waals surface area contributed by atoms with Gasteiger partial charge in [0.05, 0.1) is 6.54 Å². The Kier molecular flexibility index (Phi) is 2.79. The first-order chi connectivity index (χ1) is 8.65. The van der Waals surface area contributed by atoms with Crippen molar-refractivity contribution in [2.45, 2.75) is 13.5 Å². The second kappa shape index (κ2) is 4.33. The highest BCUT2D eigenvalue weighted by atomic mass is 79.9. The van der Waals surface area contributed by atoms with Crippen LogP contribution < -0.4 is 5.69 Å². The molecule has 0 aliphatic carbocycles. The van der Waals surface area contributed by atoms with Crippen molar-refractivity contribution >= 4 is 33.1 Å². The molecular formula is C11H9BrN4OS. The van der Waals surface area contributed by atoms with E-state index in [1.165, 1.54) is 20.6 Å².